The molecule has 2 aliphatic rings. The van der Waals surface area contributed by atoms with Gasteiger partial charge in [-0.05, 0) is 60.9 Å². The molecule has 2 N–H and O–H groups in total. The fraction of sp³-hybridized carbons (Fsp3) is 0.273. The van der Waals surface area contributed by atoms with E-state index in [-0.39, 0.29) is 22.1 Å². The SMILES string of the molecule is N#Cc1cnc2c(F)cc(NC(c3ccc(Cl)cc3)c3cn(C4CCN(C5COC5)CC4)nn3)cc2c1Nc1ccc(F)c(Cl)c1. The van der Waals surface area contributed by atoms with E-state index in [1.165, 1.54) is 30.5 Å². The second kappa shape index (κ2) is 12.8. The molecular weight excluding hydrogens is 633 g/mol. The lowest BCUT2D eigenvalue weighted by atomic mass is 10.0. The van der Waals surface area contributed by atoms with Gasteiger partial charge in [-0.2, -0.15) is 5.26 Å². The number of halogens is 4. The first-order valence-electron chi connectivity index (χ1n) is 14.9. The maximum absolute atomic E-state index is 15.6. The van der Waals surface area contributed by atoms with E-state index in [1.807, 2.05) is 23.0 Å². The molecule has 3 aromatic carbocycles. The molecule has 1 unspecified atom stereocenters. The highest BCUT2D eigenvalue weighted by Crippen LogP contribution is 2.36. The summed E-state index contributed by atoms with van der Waals surface area (Å²) < 4.78 is 36.8. The lowest BCUT2D eigenvalue weighted by Crippen LogP contribution is -2.51. The highest BCUT2D eigenvalue weighted by atomic mass is 35.5. The average Bonchev–Trinajstić information content (AvgIpc) is 3.52. The molecular formula is C33H28Cl2F2N8O. The molecule has 9 nitrogen and oxygen atoms in total. The van der Waals surface area contributed by atoms with Gasteiger partial charge in [0.25, 0.3) is 0 Å². The number of anilines is 3. The van der Waals surface area contributed by atoms with E-state index < -0.39 is 17.7 Å². The van der Waals surface area contributed by atoms with Crippen molar-refractivity contribution < 1.29 is 13.5 Å². The summed E-state index contributed by atoms with van der Waals surface area (Å²) in [6.45, 7) is 3.55. The van der Waals surface area contributed by atoms with Crippen molar-refractivity contribution in [2.24, 2.45) is 0 Å². The predicted octanol–water partition coefficient (Wildman–Crippen LogP) is 7.26. The van der Waals surface area contributed by atoms with Gasteiger partial charge in [-0.15, -0.1) is 5.10 Å². The van der Waals surface area contributed by atoms with E-state index in [0.29, 0.717) is 39.2 Å². The van der Waals surface area contributed by atoms with Crippen LogP contribution < -0.4 is 10.6 Å². The molecule has 5 aromatic rings. The van der Waals surface area contributed by atoms with E-state index in [9.17, 15) is 9.65 Å². The fourth-order valence-electron chi connectivity index (χ4n) is 5.98. The zero-order valence-electron chi connectivity index (χ0n) is 24.4. The summed E-state index contributed by atoms with van der Waals surface area (Å²) in [6.07, 6.45) is 5.15. The van der Waals surface area contributed by atoms with Crippen LogP contribution in [0.25, 0.3) is 10.9 Å². The monoisotopic (exact) mass is 660 g/mol. The van der Waals surface area contributed by atoms with Gasteiger partial charge in [0.15, 0.2) is 5.82 Å². The van der Waals surface area contributed by atoms with Crippen LogP contribution in [-0.2, 0) is 4.74 Å². The zero-order chi connectivity index (χ0) is 31.8. The first kappa shape index (κ1) is 30.3. The number of nitriles is 1. The van der Waals surface area contributed by atoms with Crippen LogP contribution in [0.1, 0.15) is 41.7 Å². The number of nitrogens with one attached hydrogen (secondary N) is 2. The molecule has 0 spiro atoms. The summed E-state index contributed by atoms with van der Waals surface area (Å²) in [6, 6.07) is 16.8. The van der Waals surface area contributed by atoms with Crippen molar-refractivity contribution >= 4 is 51.2 Å². The molecule has 0 radical (unpaired) electrons. The first-order valence-corrected chi connectivity index (χ1v) is 15.6. The third-order valence-corrected chi connectivity index (χ3v) is 9.12. The summed E-state index contributed by atoms with van der Waals surface area (Å²) in [4.78, 5) is 6.69. The van der Waals surface area contributed by atoms with Crippen molar-refractivity contribution in [3.8, 4) is 6.07 Å². The number of aromatic nitrogens is 4. The first-order chi connectivity index (χ1) is 22.4. The maximum atomic E-state index is 15.6. The van der Waals surface area contributed by atoms with Crippen molar-refractivity contribution in [1.82, 2.24) is 24.9 Å². The van der Waals surface area contributed by atoms with Crippen LogP contribution in [0.5, 0.6) is 0 Å². The van der Waals surface area contributed by atoms with Crippen LogP contribution in [0.4, 0.5) is 25.8 Å². The Morgan fingerprint density at radius 1 is 0.957 bits per heavy atom. The molecule has 7 rings (SSSR count). The molecule has 2 fully saturated rings. The number of likely N-dealkylation sites (tertiary alicyclic amines) is 1. The van der Waals surface area contributed by atoms with E-state index >= 15 is 4.39 Å². The average molecular weight is 662 g/mol. The molecule has 2 aromatic heterocycles. The number of benzene rings is 3. The van der Waals surface area contributed by atoms with Crippen LogP contribution in [-0.4, -0.2) is 57.2 Å². The van der Waals surface area contributed by atoms with Crippen LogP contribution in [0.3, 0.4) is 0 Å². The van der Waals surface area contributed by atoms with Crippen molar-refractivity contribution in [3.63, 3.8) is 0 Å². The summed E-state index contributed by atoms with van der Waals surface area (Å²) >= 11 is 12.2. The highest BCUT2D eigenvalue weighted by molar-refractivity contribution is 6.31. The lowest BCUT2D eigenvalue weighted by Gasteiger charge is -2.41. The van der Waals surface area contributed by atoms with E-state index in [0.717, 1.165) is 44.7 Å². The summed E-state index contributed by atoms with van der Waals surface area (Å²) in [5, 5.41) is 26.3. The summed E-state index contributed by atoms with van der Waals surface area (Å²) in [5.41, 5.74) is 2.91. The Bertz CT molecular complexity index is 1940. The summed E-state index contributed by atoms with van der Waals surface area (Å²) in [7, 11) is 0. The Kier molecular flexibility index (Phi) is 8.44. The number of ether oxygens (including phenoxy) is 1. The smallest absolute Gasteiger partial charge is 0.151 e. The number of hydrogen-bond acceptors (Lipinski definition) is 8. The van der Waals surface area contributed by atoms with Crippen molar-refractivity contribution in [3.05, 3.63) is 105 Å². The van der Waals surface area contributed by atoms with Gasteiger partial charge in [-0.25, -0.2) is 13.5 Å². The van der Waals surface area contributed by atoms with E-state index in [4.69, 9.17) is 27.9 Å². The van der Waals surface area contributed by atoms with E-state index in [1.54, 1.807) is 18.2 Å². The lowest BCUT2D eigenvalue weighted by molar-refractivity contribution is -0.0734. The van der Waals surface area contributed by atoms with Crippen LogP contribution >= 0.6 is 23.2 Å². The largest absolute Gasteiger partial charge is 0.378 e. The van der Waals surface area contributed by atoms with Gasteiger partial charge in [0.2, 0.25) is 0 Å². The van der Waals surface area contributed by atoms with Gasteiger partial charge in [0, 0.05) is 41.1 Å². The van der Waals surface area contributed by atoms with Crippen molar-refractivity contribution in [2.45, 2.75) is 31.0 Å². The minimum atomic E-state index is -0.591. The molecule has 4 heterocycles. The van der Waals surface area contributed by atoms with Crippen LogP contribution in [0, 0.1) is 23.0 Å². The number of rotatable bonds is 8. The number of nitrogens with zero attached hydrogens (tertiary/aromatic N) is 6. The Morgan fingerprint density at radius 2 is 1.74 bits per heavy atom. The molecule has 0 aliphatic carbocycles. The van der Waals surface area contributed by atoms with Gasteiger partial charge in [0.05, 0.1) is 53.8 Å². The van der Waals surface area contributed by atoms with Gasteiger partial charge < -0.3 is 15.4 Å². The standard InChI is InChI=1S/C33H28Cl2F2N8O/c34-21-3-1-19(2-4-21)32(30-16-45(43-42-30)24-7-9-44(10-8-24)25-17-46-18-25)41-23-11-26-31(40-22-5-6-28(36)27(35)12-22)20(14-38)15-39-33(26)29(37)13-23/h1-6,11-13,15-16,24-25,32,41H,7-10,17-18H2,(H,39,40). The Labute approximate surface area is 273 Å². The van der Waals surface area contributed by atoms with Crippen LogP contribution in [0.15, 0.2) is 67.0 Å². The third-order valence-electron chi connectivity index (χ3n) is 8.58. The minimum Gasteiger partial charge on any atom is -0.378 e. The van der Waals surface area contributed by atoms with Gasteiger partial charge in [0.1, 0.15) is 23.1 Å². The summed E-state index contributed by atoms with van der Waals surface area (Å²) in [5.74, 6) is -1.17. The third kappa shape index (κ3) is 6.09. The molecule has 46 heavy (non-hydrogen) atoms. The normalized spacial score (nSPS) is 16.6. The molecule has 2 aliphatic heterocycles. The van der Waals surface area contributed by atoms with Crippen LogP contribution in [0.2, 0.25) is 10.0 Å². The van der Waals surface area contributed by atoms with Gasteiger partial charge >= 0.3 is 0 Å². The van der Waals surface area contributed by atoms with Gasteiger partial charge in [-0.1, -0.05) is 40.5 Å². The molecule has 2 saturated heterocycles. The minimum absolute atomic E-state index is 0.0639. The van der Waals surface area contributed by atoms with Crippen molar-refractivity contribution in [1.29, 1.82) is 5.26 Å². The molecule has 0 amide bonds. The molecule has 0 bridgehead atoms. The number of pyridine rings is 1. The Balaban J connectivity index is 1.22. The van der Waals surface area contributed by atoms with Crippen molar-refractivity contribution in [2.75, 3.05) is 36.9 Å². The molecule has 13 heteroatoms. The predicted molar refractivity (Wildman–Crippen MR) is 172 cm³/mol. The fourth-order valence-corrected chi connectivity index (χ4v) is 6.29. The maximum Gasteiger partial charge on any atom is 0.151 e. The second-order valence-electron chi connectivity index (χ2n) is 11.5. The zero-order valence-corrected chi connectivity index (χ0v) is 25.9. The molecule has 1 atom stereocenters. The Morgan fingerprint density at radius 3 is 2.43 bits per heavy atom. The second-order valence-corrected chi connectivity index (χ2v) is 12.3. The Hall–Kier alpha value is -4.34. The molecule has 234 valence electrons. The number of fused-ring (bicyclic) bond motifs is 1. The molecule has 0 saturated carbocycles. The number of hydrogen-bond donors (Lipinski definition) is 2. The topological polar surface area (TPSA) is 104 Å². The highest BCUT2D eigenvalue weighted by Gasteiger charge is 2.31. The quantitative estimate of drug-likeness (QED) is 0.179. The van der Waals surface area contributed by atoms with E-state index in [2.05, 4.69) is 36.9 Å². The van der Waals surface area contributed by atoms with Gasteiger partial charge in [-0.3, -0.25) is 9.88 Å². The number of piperidine rings is 1.